The summed E-state index contributed by atoms with van der Waals surface area (Å²) in [4.78, 5) is 14.2. The zero-order valence-corrected chi connectivity index (χ0v) is 20.7. The van der Waals surface area contributed by atoms with Crippen LogP contribution in [0.3, 0.4) is 0 Å². The lowest BCUT2D eigenvalue weighted by molar-refractivity contribution is -0.112. The van der Waals surface area contributed by atoms with E-state index in [1.165, 1.54) is 11.3 Å². The van der Waals surface area contributed by atoms with E-state index in [0.29, 0.717) is 21.3 Å². The number of carbonyl (C=O) groups excluding carboxylic acids is 1. The number of aryl methyl sites for hydroxylation is 2. The Hall–Kier alpha value is -3.52. The van der Waals surface area contributed by atoms with Gasteiger partial charge in [0, 0.05) is 21.3 Å². The predicted octanol–water partition coefficient (Wildman–Crippen LogP) is 6.11. The van der Waals surface area contributed by atoms with Crippen molar-refractivity contribution in [3.8, 4) is 23.6 Å². The molecule has 34 heavy (non-hydrogen) atoms. The second-order valence-electron chi connectivity index (χ2n) is 8.13. The molecule has 4 rings (SSSR count). The van der Waals surface area contributed by atoms with Crippen molar-refractivity contribution in [3.63, 3.8) is 0 Å². The Labute approximate surface area is 207 Å². The van der Waals surface area contributed by atoms with Gasteiger partial charge < -0.3 is 14.6 Å². The van der Waals surface area contributed by atoms with Crippen molar-refractivity contribution in [2.45, 2.75) is 39.5 Å². The first-order chi connectivity index (χ1) is 16.4. The van der Waals surface area contributed by atoms with E-state index in [1.807, 2.05) is 36.6 Å². The lowest BCUT2D eigenvalue weighted by Gasteiger charge is -2.14. The summed E-state index contributed by atoms with van der Waals surface area (Å²) in [6.45, 7) is 3.85. The third-order valence-electron chi connectivity index (χ3n) is 6.03. The summed E-state index contributed by atoms with van der Waals surface area (Å²) in [6, 6.07) is 11.5. The minimum atomic E-state index is -0.525. The number of amides is 1. The quantitative estimate of drug-likeness (QED) is 0.345. The second kappa shape index (κ2) is 9.77. The third-order valence-corrected chi connectivity index (χ3v) is 7.47. The highest BCUT2D eigenvalue weighted by molar-refractivity contribution is 7.16. The molecule has 2 heterocycles. The fourth-order valence-electron chi connectivity index (χ4n) is 4.39. The van der Waals surface area contributed by atoms with E-state index in [9.17, 15) is 15.3 Å². The Balaban J connectivity index is 1.68. The van der Waals surface area contributed by atoms with Crippen LogP contribution in [0.15, 0.2) is 29.8 Å². The molecule has 1 amide bonds. The highest BCUT2D eigenvalue weighted by Crippen LogP contribution is 2.38. The Bertz CT molecular complexity index is 1400. The molecule has 0 saturated carbocycles. The fourth-order valence-corrected chi connectivity index (χ4v) is 5.79. The molecule has 3 aromatic rings. The van der Waals surface area contributed by atoms with Crippen molar-refractivity contribution in [2.24, 2.45) is 0 Å². The molecule has 6 nitrogen and oxygen atoms in total. The minimum absolute atomic E-state index is 0.0337. The van der Waals surface area contributed by atoms with Gasteiger partial charge in [-0.1, -0.05) is 11.6 Å². The number of thiophene rings is 1. The van der Waals surface area contributed by atoms with Crippen molar-refractivity contribution >= 4 is 39.9 Å². The van der Waals surface area contributed by atoms with Crippen LogP contribution in [0.1, 0.15) is 45.8 Å². The molecule has 0 fully saturated rings. The number of hydrogen-bond donors (Lipinski definition) is 1. The smallest absolute Gasteiger partial charge is 0.266 e. The maximum atomic E-state index is 13.0. The standard InChI is InChI=1S/C26H23ClN4O2S/c1-15-10-17(16(2)31(15)22-12-19(27)8-9-23(22)33-3)11-18(13-28)25(32)30-26-21(14-29)20-6-4-5-7-24(20)34-26/h8-12H,4-7H2,1-3H3,(H,30,32)/b18-11+. The number of anilines is 1. The third kappa shape index (κ3) is 4.33. The van der Waals surface area contributed by atoms with Gasteiger partial charge in [0.2, 0.25) is 0 Å². The number of nitrogens with zero attached hydrogens (tertiary/aromatic N) is 3. The summed E-state index contributed by atoms with van der Waals surface area (Å²) < 4.78 is 7.48. The number of nitrogens with one attached hydrogen (secondary N) is 1. The molecule has 0 unspecified atom stereocenters. The SMILES string of the molecule is COc1ccc(Cl)cc1-n1c(C)cc(/C=C(\C#N)C(=O)Nc2sc3c(c2C#N)CCCC3)c1C. The molecular formula is C26H23ClN4O2S. The normalized spacial score (nSPS) is 13.1. The van der Waals surface area contributed by atoms with Crippen LogP contribution in [0, 0.1) is 36.5 Å². The Kier molecular flexibility index (Phi) is 6.79. The van der Waals surface area contributed by atoms with Crippen LogP contribution in [0.25, 0.3) is 11.8 Å². The Morgan fingerprint density at radius 3 is 2.71 bits per heavy atom. The van der Waals surface area contributed by atoms with E-state index >= 15 is 0 Å². The van der Waals surface area contributed by atoms with E-state index in [4.69, 9.17) is 16.3 Å². The van der Waals surface area contributed by atoms with Gasteiger partial charge in [-0.15, -0.1) is 11.3 Å². The van der Waals surface area contributed by atoms with Crippen molar-refractivity contribution in [1.82, 2.24) is 4.57 Å². The molecule has 1 N–H and O–H groups in total. The van der Waals surface area contributed by atoms with Crippen LogP contribution in [0.2, 0.25) is 5.02 Å². The molecule has 0 bridgehead atoms. The molecule has 1 aliphatic rings. The van der Waals surface area contributed by atoms with Crippen LogP contribution in [-0.2, 0) is 17.6 Å². The number of ether oxygens (including phenoxy) is 1. The number of carbonyl (C=O) groups is 1. The highest BCUT2D eigenvalue weighted by Gasteiger charge is 2.23. The summed E-state index contributed by atoms with van der Waals surface area (Å²) in [5.74, 6) is 0.133. The van der Waals surface area contributed by atoms with Gasteiger partial charge in [-0.25, -0.2) is 0 Å². The average Bonchev–Trinajstić information content (AvgIpc) is 3.32. The van der Waals surface area contributed by atoms with Crippen molar-refractivity contribution in [2.75, 3.05) is 12.4 Å². The van der Waals surface area contributed by atoms with E-state index in [1.54, 1.807) is 25.3 Å². The first-order valence-electron chi connectivity index (χ1n) is 10.9. The number of methoxy groups -OCH3 is 1. The van der Waals surface area contributed by atoms with Crippen molar-refractivity contribution in [1.29, 1.82) is 10.5 Å². The zero-order valence-electron chi connectivity index (χ0n) is 19.2. The van der Waals surface area contributed by atoms with Gasteiger partial charge >= 0.3 is 0 Å². The monoisotopic (exact) mass is 490 g/mol. The van der Waals surface area contributed by atoms with Gasteiger partial charge in [-0.2, -0.15) is 10.5 Å². The largest absolute Gasteiger partial charge is 0.495 e. The van der Waals surface area contributed by atoms with Crippen LogP contribution in [-0.4, -0.2) is 17.6 Å². The predicted molar refractivity (Wildman–Crippen MR) is 135 cm³/mol. The maximum absolute atomic E-state index is 13.0. The number of fused-ring (bicyclic) bond motifs is 1. The van der Waals surface area contributed by atoms with Gasteiger partial charge in [-0.05, 0) is 81.0 Å². The second-order valence-corrected chi connectivity index (χ2v) is 9.67. The number of rotatable bonds is 5. The fraction of sp³-hybridized carbons (Fsp3) is 0.269. The molecule has 2 aromatic heterocycles. The maximum Gasteiger partial charge on any atom is 0.266 e. The molecule has 1 aliphatic carbocycles. The van der Waals surface area contributed by atoms with E-state index in [-0.39, 0.29) is 5.57 Å². The van der Waals surface area contributed by atoms with Gasteiger partial charge in [0.15, 0.2) is 0 Å². The lowest BCUT2D eigenvalue weighted by Crippen LogP contribution is -2.13. The molecule has 172 valence electrons. The number of hydrogen-bond acceptors (Lipinski definition) is 5. The average molecular weight is 491 g/mol. The molecular weight excluding hydrogens is 468 g/mol. The van der Waals surface area contributed by atoms with Crippen molar-refractivity contribution < 1.29 is 9.53 Å². The van der Waals surface area contributed by atoms with Crippen LogP contribution in [0.5, 0.6) is 5.75 Å². The molecule has 0 spiro atoms. The summed E-state index contributed by atoms with van der Waals surface area (Å²) in [5, 5.41) is 23.3. The van der Waals surface area contributed by atoms with E-state index in [2.05, 4.69) is 11.4 Å². The van der Waals surface area contributed by atoms with Crippen LogP contribution < -0.4 is 10.1 Å². The number of nitriles is 2. The molecule has 1 aromatic carbocycles. The summed E-state index contributed by atoms with van der Waals surface area (Å²) in [5.41, 5.74) is 4.77. The van der Waals surface area contributed by atoms with Crippen LogP contribution in [0.4, 0.5) is 5.00 Å². The Morgan fingerprint density at radius 1 is 1.24 bits per heavy atom. The van der Waals surface area contributed by atoms with Gasteiger partial charge in [-0.3, -0.25) is 4.79 Å². The van der Waals surface area contributed by atoms with Gasteiger partial charge in [0.05, 0.1) is 18.4 Å². The molecule has 8 heteroatoms. The molecule has 0 saturated heterocycles. The van der Waals surface area contributed by atoms with E-state index < -0.39 is 5.91 Å². The number of benzene rings is 1. The van der Waals surface area contributed by atoms with Gasteiger partial charge in [0.25, 0.3) is 5.91 Å². The first-order valence-corrected chi connectivity index (χ1v) is 12.1. The summed E-state index contributed by atoms with van der Waals surface area (Å²) in [6.07, 6.45) is 5.48. The molecule has 0 aliphatic heterocycles. The number of halogens is 1. The summed E-state index contributed by atoms with van der Waals surface area (Å²) in [7, 11) is 1.59. The summed E-state index contributed by atoms with van der Waals surface area (Å²) >= 11 is 7.66. The van der Waals surface area contributed by atoms with Crippen LogP contribution >= 0.6 is 22.9 Å². The topological polar surface area (TPSA) is 90.8 Å². The number of aromatic nitrogens is 1. The molecule has 0 atom stereocenters. The van der Waals surface area contributed by atoms with E-state index in [0.717, 1.165) is 58.8 Å². The zero-order chi connectivity index (χ0) is 24.4. The Morgan fingerprint density at radius 2 is 2.00 bits per heavy atom. The highest BCUT2D eigenvalue weighted by atomic mass is 35.5. The molecule has 0 radical (unpaired) electrons. The van der Waals surface area contributed by atoms with Crippen molar-refractivity contribution in [3.05, 3.63) is 67.8 Å². The lowest BCUT2D eigenvalue weighted by atomic mass is 9.96. The first kappa shape index (κ1) is 23.6. The minimum Gasteiger partial charge on any atom is -0.495 e. The van der Waals surface area contributed by atoms with Gasteiger partial charge in [0.1, 0.15) is 28.5 Å².